The number of carbonyl (C=O) groups is 1. The number of aliphatic hydroxyl groups is 7. The number of esters is 1. The summed E-state index contributed by atoms with van der Waals surface area (Å²) in [6.07, 6.45) is -13.1. The molecule has 0 amide bonds. The van der Waals surface area contributed by atoms with E-state index in [0.29, 0.717) is 5.75 Å². The van der Waals surface area contributed by atoms with E-state index in [1.54, 1.807) is 0 Å². The Morgan fingerprint density at radius 2 is 1.58 bits per heavy atom. The lowest BCUT2D eigenvalue weighted by atomic mass is 9.99. The minimum absolute atomic E-state index is 0.0649. The molecule has 1 aromatic rings. The van der Waals surface area contributed by atoms with Gasteiger partial charge in [-0.25, -0.2) is 4.79 Å². The Hall–Kier alpha value is -1.91. The number of ether oxygens (including phenoxy) is 5. The van der Waals surface area contributed by atoms with Crippen LogP contribution in [0.25, 0.3) is 0 Å². The number of aliphatic hydroxyl groups excluding tert-OH is 7. The molecule has 7 N–H and O–H groups in total. The van der Waals surface area contributed by atoms with Gasteiger partial charge < -0.3 is 59.4 Å². The molecule has 1 aromatic carbocycles. The molecule has 2 aliphatic heterocycles. The second-order valence-electron chi connectivity index (χ2n) is 7.67. The predicted octanol–water partition coefficient (Wildman–Crippen LogP) is -3.52. The predicted molar refractivity (Wildman–Crippen MR) is 105 cm³/mol. The third-order valence-electron chi connectivity index (χ3n) is 5.60. The van der Waals surface area contributed by atoms with Crippen LogP contribution in [0.3, 0.4) is 0 Å². The SMILES string of the molecule is COc1ccc(C(=O)O[C@@H]2[C@H](O)[C@@H](CO)O[C@@]2(CO)O[C@H]2O[C@H](CO)[C@@H](O)[C@@H](O)[C@H]2O)cc1. The molecule has 0 unspecified atom stereocenters. The Kier molecular flexibility index (Phi) is 8.23. The molecule has 13 nitrogen and oxygen atoms in total. The third kappa shape index (κ3) is 4.97. The van der Waals surface area contributed by atoms with Gasteiger partial charge in [-0.3, -0.25) is 0 Å². The molecule has 186 valence electrons. The van der Waals surface area contributed by atoms with Crippen LogP contribution in [0.4, 0.5) is 0 Å². The first-order valence-electron chi connectivity index (χ1n) is 10.1. The average Bonchev–Trinajstić information content (AvgIpc) is 3.10. The molecule has 2 aliphatic rings. The first-order valence-corrected chi connectivity index (χ1v) is 10.1. The van der Waals surface area contributed by atoms with Crippen LogP contribution in [0, 0.1) is 0 Å². The minimum atomic E-state index is -2.33. The lowest BCUT2D eigenvalue weighted by molar-refractivity contribution is -0.383. The third-order valence-corrected chi connectivity index (χ3v) is 5.60. The van der Waals surface area contributed by atoms with Gasteiger partial charge in [0.05, 0.1) is 25.9 Å². The molecule has 13 heteroatoms. The van der Waals surface area contributed by atoms with Gasteiger partial charge in [0.25, 0.3) is 0 Å². The molecule has 2 saturated heterocycles. The Morgan fingerprint density at radius 1 is 0.939 bits per heavy atom. The van der Waals surface area contributed by atoms with Crippen molar-refractivity contribution in [2.45, 2.75) is 54.8 Å². The summed E-state index contributed by atoms with van der Waals surface area (Å²) in [7, 11) is 1.45. The Labute approximate surface area is 188 Å². The van der Waals surface area contributed by atoms with Crippen LogP contribution in [-0.4, -0.2) is 123 Å². The highest BCUT2D eigenvalue weighted by Crippen LogP contribution is 2.38. The fourth-order valence-corrected chi connectivity index (χ4v) is 3.68. The summed E-state index contributed by atoms with van der Waals surface area (Å²) in [5.41, 5.74) is 0.0649. The van der Waals surface area contributed by atoms with Crippen LogP contribution in [0.2, 0.25) is 0 Å². The monoisotopic (exact) mass is 476 g/mol. The van der Waals surface area contributed by atoms with E-state index >= 15 is 0 Å². The number of methoxy groups -OCH3 is 1. The van der Waals surface area contributed by atoms with Crippen molar-refractivity contribution in [1.29, 1.82) is 0 Å². The minimum Gasteiger partial charge on any atom is -0.497 e. The Morgan fingerprint density at radius 3 is 2.12 bits per heavy atom. The fourth-order valence-electron chi connectivity index (χ4n) is 3.68. The van der Waals surface area contributed by atoms with Crippen LogP contribution in [0.5, 0.6) is 5.75 Å². The van der Waals surface area contributed by atoms with Gasteiger partial charge in [-0.05, 0) is 24.3 Å². The molecule has 2 fully saturated rings. The van der Waals surface area contributed by atoms with E-state index in [0.717, 1.165) is 0 Å². The average molecular weight is 476 g/mol. The summed E-state index contributed by atoms with van der Waals surface area (Å²) >= 11 is 0. The van der Waals surface area contributed by atoms with E-state index in [4.69, 9.17) is 23.7 Å². The van der Waals surface area contributed by atoms with Crippen LogP contribution < -0.4 is 4.74 Å². The van der Waals surface area contributed by atoms with Gasteiger partial charge in [0.15, 0.2) is 12.4 Å². The molecule has 2 heterocycles. The van der Waals surface area contributed by atoms with Crippen LogP contribution in [-0.2, 0) is 18.9 Å². The second-order valence-corrected chi connectivity index (χ2v) is 7.67. The highest BCUT2D eigenvalue weighted by atomic mass is 16.8. The summed E-state index contributed by atoms with van der Waals surface area (Å²) in [6, 6.07) is 5.79. The van der Waals surface area contributed by atoms with Crippen molar-refractivity contribution in [3.8, 4) is 5.75 Å². The van der Waals surface area contributed by atoms with Crippen LogP contribution in [0.15, 0.2) is 24.3 Å². The standard InChI is InChI=1S/C20H28O13/c1-29-10-4-2-9(3-5-10)18(28)31-17-14(25)12(7-22)32-20(17,8-23)33-19-16(27)15(26)13(24)11(6-21)30-19/h2-5,11-17,19,21-27H,6-8H2,1H3/t11-,12-,13-,14-,15-,16-,17-,19-,20+/m1/s1. The molecule has 3 rings (SSSR count). The molecule has 33 heavy (non-hydrogen) atoms. The van der Waals surface area contributed by atoms with Gasteiger partial charge >= 0.3 is 5.97 Å². The summed E-state index contributed by atoms with van der Waals surface area (Å²) in [5, 5.41) is 69.7. The molecular weight excluding hydrogens is 448 g/mol. The molecule has 0 aliphatic carbocycles. The number of hydrogen-bond acceptors (Lipinski definition) is 13. The van der Waals surface area contributed by atoms with Crippen molar-refractivity contribution in [2.24, 2.45) is 0 Å². The number of carbonyl (C=O) groups excluding carboxylic acids is 1. The zero-order valence-corrected chi connectivity index (χ0v) is 17.6. The number of benzene rings is 1. The van der Waals surface area contributed by atoms with Crippen molar-refractivity contribution in [3.63, 3.8) is 0 Å². The zero-order valence-electron chi connectivity index (χ0n) is 17.6. The summed E-state index contributed by atoms with van der Waals surface area (Å²) in [6.45, 7) is -2.51. The smallest absolute Gasteiger partial charge is 0.338 e. The lowest BCUT2D eigenvalue weighted by Crippen LogP contribution is -2.63. The van der Waals surface area contributed by atoms with Crippen molar-refractivity contribution in [3.05, 3.63) is 29.8 Å². The number of rotatable bonds is 8. The highest BCUT2D eigenvalue weighted by Gasteiger charge is 2.60. The highest BCUT2D eigenvalue weighted by molar-refractivity contribution is 5.89. The van der Waals surface area contributed by atoms with E-state index in [9.17, 15) is 40.5 Å². The summed E-state index contributed by atoms with van der Waals surface area (Å²) in [5.74, 6) is -2.78. The van der Waals surface area contributed by atoms with Crippen LogP contribution >= 0.6 is 0 Å². The van der Waals surface area contributed by atoms with E-state index in [-0.39, 0.29) is 5.56 Å². The Bertz CT molecular complexity index is 787. The first kappa shape index (κ1) is 25.7. The van der Waals surface area contributed by atoms with E-state index in [1.165, 1.54) is 31.4 Å². The van der Waals surface area contributed by atoms with Gasteiger partial charge in [-0.2, -0.15) is 0 Å². The fraction of sp³-hybridized carbons (Fsp3) is 0.650. The van der Waals surface area contributed by atoms with E-state index in [1.807, 2.05) is 0 Å². The molecule has 0 radical (unpaired) electrons. The normalized spacial score (nSPS) is 38.8. The van der Waals surface area contributed by atoms with Crippen molar-refractivity contribution in [2.75, 3.05) is 26.9 Å². The molecule has 0 aromatic heterocycles. The van der Waals surface area contributed by atoms with Crippen molar-refractivity contribution < 1.29 is 64.2 Å². The topological polar surface area (TPSA) is 205 Å². The van der Waals surface area contributed by atoms with Gasteiger partial charge in [-0.1, -0.05) is 0 Å². The Balaban J connectivity index is 1.86. The zero-order chi connectivity index (χ0) is 24.3. The van der Waals surface area contributed by atoms with Gasteiger partial charge in [0.2, 0.25) is 5.79 Å². The summed E-state index contributed by atoms with van der Waals surface area (Å²) < 4.78 is 26.6. The maximum Gasteiger partial charge on any atom is 0.338 e. The number of hydrogen-bond donors (Lipinski definition) is 7. The van der Waals surface area contributed by atoms with Gasteiger partial charge in [-0.15, -0.1) is 0 Å². The quantitative estimate of drug-likeness (QED) is 0.182. The first-order chi connectivity index (χ1) is 15.7. The molecular formula is C20H28O13. The summed E-state index contributed by atoms with van der Waals surface area (Å²) in [4.78, 5) is 12.7. The second kappa shape index (κ2) is 10.6. The van der Waals surface area contributed by atoms with Crippen molar-refractivity contribution in [1.82, 2.24) is 0 Å². The van der Waals surface area contributed by atoms with E-state index < -0.39 is 80.6 Å². The van der Waals surface area contributed by atoms with Gasteiger partial charge in [0.1, 0.15) is 49.0 Å². The molecule has 9 atom stereocenters. The largest absolute Gasteiger partial charge is 0.497 e. The maximum absolute atomic E-state index is 12.7. The van der Waals surface area contributed by atoms with Crippen LogP contribution in [0.1, 0.15) is 10.4 Å². The lowest BCUT2D eigenvalue weighted by Gasteiger charge is -2.43. The van der Waals surface area contributed by atoms with Crippen molar-refractivity contribution >= 4 is 5.97 Å². The van der Waals surface area contributed by atoms with E-state index in [2.05, 4.69) is 0 Å². The van der Waals surface area contributed by atoms with Gasteiger partial charge in [0, 0.05) is 0 Å². The molecule has 0 saturated carbocycles. The molecule has 0 spiro atoms. The molecule has 0 bridgehead atoms. The maximum atomic E-state index is 12.7.